The summed E-state index contributed by atoms with van der Waals surface area (Å²) < 4.78 is 1.67. The molecular formula is C25H26ClN3O2. The smallest absolute Gasteiger partial charge is 0.228 e. The molecule has 0 atom stereocenters. The summed E-state index contributed by atoms with van der Waals surface area (Å²) in [6, 6.07) is 14.9. The lowest BCUT2D eigenvalue weighted by Gasteiger charge is -2.23. The molecule has 4 rings (SSSR count). The number of hydrogen-bond acceptors (Lipinski definition) is 3. The molecule has 0 spiro atoms. The van der Waals surface area contributed by atoms with E-state index in [9.17, 15) is 9.59 Å². The summed E-state index contributed by atoms with van der Waals surface area (Å²) in [6.07, 6.45) is 5.02. The number of aryl methyl sites for hydroxylation is 2. The maximum absolute atomic E-state index is 13.2. The minimum absolute atomic E-state index is 0.0466. The standard InChI is InChI=1S/C25H26ClN3O2/c1-16-8-14-21(15-9-16)29-24(27-25(31)19-6-4-3-5-7-19)22(23(30)17(2)28-29)18-10-12-20(26)13-11-18/h8-15,19H,3-7H2,1-2H3,(H,27,31). The number of anilines is 1. The molecule has 1 saturated carbocycles. The molecular weight excluding hydrogens is 410 g/mol. The van der Waals surface area contributed by atoms with Gasteiger partial charge in [0.05, 0.1) is 11.3 Å². The Morgan fingerprint density at radius 3 is 2.29 bits per heavy atom. The van der Waals surface area contributed by atoms with Crippen LogP contribution in [0.4, 0.5) is 5.82 Å². The van der Waals surface area contributed by atoms with Gasteiger partial charge in [0, 0.05) is 10.9 Å². The van der Waals surface area contributed by atoms with Crippen LogP contribution in [0.3, 0.4) is 0 Å². The highest BCUT2D eigenvalue weighted by Crippen LogP contribution is 2.30. The van der Waals surface area contributed by atoms with Crippen LogP contribution in [0.2, 0.25) is 5.02 Å². The van der Waals surface area contributed by atoms with Gasteiger partial charge in [-0.3, -0.25) is 9.59 Å². The van der Waals surface area contributed by atoms with Gasteiger partial charge in [-0.25, -0.2) is 4.68 Å². The molecule has 3 aromatic rings. The number of nitrogens with zero attached hydrogens (tertiary/aromatic N) is 2. The first-order valence-corrected chi connectivity index (χ1v) is 11.1. The lowest BCUT2D eigenvalue weighted by atomic mass is 9.88. The predicted octanol–water partition coefficient (Wildman–Crippen LogP) is 5.69. The van der Waals surface area contributed by atoms with Gasteiger partial charge in [-0.1, -0.05) is 60.7 Å². The molecule has 1 fully saturated rings. The summed E-state index contributed by atoms with van der Waals surface area (Å²) >= 11 is 6.07. The molecule has 1 aliphatic carbocycles. The first-order valence-electron chi connectivity index (χ1n) is 10.7. The van der Waals surface area contributed by atoms with Crippen molar-refractivity contribution in [3.05, 3.63) is 75.0 Å². The summed E-state index contributed by atoms with van der Waals surface area (Å²) in [5, 5.41) is 8.19. The largest absolute Gasteiger partial charge is 0.310 e. The Bertz CT molecular complexity index is 1150. The van der Waals surface area contributed by atoms with E-state index in [1.807, 2.05) is 31.2 Å². The van der Waals surface area contributed by atoms with Crippen LogP contribution in [0.5, 0.6) is 0 Å². The second kappa shape index (κ2) is 9.06. The van der Waals surface area contributed by atoms with E-state index in [1.54, 1.807) is 35.9 Å². The van der Waals surface area contributed by atoms with Gasteiger partial charge in [-0.2, -0.15) is 5.10 Å². The molecule has 2 aromatic carbocycles. The van der Waals surface area contributed by atoms with E-state index in [4.69, 9.17) is 11.6 Å². The summed E-state index contributed by atoms with van der Waals surface area (Å²) in [5.41, 5.74) is 3.18. The highest BCUT2D eigenvalue weighted by molar-refractivity contribution is 6.30. The molecule has 0 unspecified atom stereocenters. The van der Waals surface area contributed by atoms with Crippen molar-refractivity contribution in [1.82, 2.24) is 9.78 Å². The average molecular weight is 436 g/mol. The Morgan fingerprint density at radius 2 is 1.65 bits per heavy atom. The first kappa shape index (κ1) is 21.3. The van der Waals surface area contributed by atoms with Crippen LogP contribution in [0.15, 0.2) is 53.3 Å². The molecule has 31 heavy (non-hydrogen) atoms. The second-order valence-corrected chi connectivity index (χ2v) is 8.65. The molecule has 160 valence electrons. The fraction of sp³-hybridized carbons (Fsp3) is 0.320. The molecule has 5 nitrogen and oxygen atoms in total. The maximum Gasteiger partial charge on any atom is 0.228 e. The van der Waals surface area contributed by atoms with Gasteiger partial charge in [-0.15, -0.1) is 0 Å². The van der Waals surface area contributed by atoms with Gasteiger partial charge in [0.1, 0.15) is 11.5 Å². The van der Waals surface area contributed by atoms with Crippen molar-refractivity contribution >= 4 is 23.3 Å². The maximum atomic E-state index is 13.2. The quantitative estimate of drug-likeness (QED) is 0.572. The van der Waals surface area contributed by atoms with Crippen molar-refractivity contribution in [2.75, 3.05) is 5.32 Å². The Balaban J connectivity index is 1.89. The highest BCUT2D eigenvalue weighted by atomic mass is 35.5. The van der Waals surface area contributed by atoms with E-state index in [0.29, 0.717) is 27.7 Å². The first-order chi connectivity index (χ1) is 14.9. The van der Waals surface area contributed by atoms with Gasteiger partial charge in [0.25, 0.3) is 0 Å². The van der Waals surface area contributed by atoms with Gasteiger partial charge >= 0.3 is 0 Å². The lowest BCUT2D eigenvalue weighted by Crippen LogP contribution is -2.29. The minimum Gasteiger partial charge on any atom is -0.310 e. The molecule has 6 heteroatoms. The van der Waals surface area contributed by atoms with Crippen LogP contribution in [0, 0.1) is 19.8 Å². The molecule has 1 aromatic heterocycles. The number of nitrogens with one attached hydrogen (secondary N) is 1. The summed E-state index contributed by atoms with van der Waals surface area (Å²) in [4.78, 5) is 26.4. The predicted molar refractivity (Wildman–Crippen MR) is 125 cm³/mol. The number of halogens is 1. The molecule has 0 aliphatic heterocycles. The van der Waals surface area contributed by atoms with Crippen LogP contribution in [-0.4, -0.2) is 15.7 Å². The van der Waals surface area contributed by atoms with E-state index >= 15 is 0 Å². The van der Waals surface area contributed by atoms with Crippen LogP contribution in [0.25, 0.3) is 16.8 Å². The monoisotopic (exact) mass is 435 g/mol. The fourth-order valence-corrected chi connectivity index (χ4v) is 4.22. The van der Waals surface area contributed by atoms with Crippen molar-refractivity contribution in [1.29, 1.82) is 0 Å². The minimum atomic E-state index is -0.204. The number of benzene rings is 2. The second-order valence-electron chi connectivity index (χ2n) is 8.22. The third-order valence-electron chi connectivity index (χ3n) is 5.88. The molecule has 1 N–H and O–H groups in total. The van der Waals surface area contributed by atoms with Gasteiger partial charge < -0.3 is 5.32 Å². The zero-order chi connectivity index (χ0) is 22.0. The van der Waals surface area contributed by atoms with E-state index in [1.165, 1.54) is 6.42 Å². The Kier molecular flexibility index (Phi) is 6.23. The molecule has 0 bridgehead atoms. The van der Waals surface area contributed by atoms with Crippen LogP contribution >= 0.6 is 11.6 Å². The molecule has 1 aliphatic rings. The van der Waals surface area contributed by atoms with E-state index in [-0.39, 0.29) is 17.3 Å². The van der Waals surface area contributed by atoms with Gasteiger partial charge in [0.15, 0.2) is 0 Å². The zero-order valence-corrected chi connectivity index (χ0v) is 18.6. The third kappa shape index (κ3) is 4.57. The summed E-state index contributed by atoms with van der Waals surface area (Å²) in [7, 11) is 0. The SMILES string of the molecule is Cc1ccc(-n2nc(C)c(=O)c(-c3ccc(Cl)cc3)c2NC(=O)C2CCCCC2)cc1. The molecule has 1 amide bonds. The Morgan fingerprint density at radius 1 is 1.00 bits per heavy atom. The number of carbonyl (C=O) groups excluding carboxylic acids is 1. The summed E-state index contributed by atoms with van der Waals surface area (Å²) in [5.74, 6) is 0.299. The third-order valence-corrected chi connectivity index (χ3v) is 6.14. The Labute approximate surface area is 187 Å². The van der Waals surface area contributed by atoms with Crippen LogP contribution in [0.1, 0.15) is 43.4 Å². The van der Waals surface area contributed by atoms with Gasteiger partial charge in [0.2, 0.25) is 11.3 Å². The average Bonchev–Trinajstić information content (AvgIpc) is 2.78. The lowest BCUT2D eigenvalue weighted by molar-refractivity contribution is -0.120. The van der Waals surface area contributed by atoms with E-state index in [2.05, 4.69) is 10.4 Å². The number of amides is 1. The van der Waals surface area contributed by atoms with Crippen molar-refractivity contribution in [2.45, 2.75) is 46.0 Å². The topological polar surface area (TPSA) is 64.0 Å². The molecule has 1 heterocycles. The molecule has 0 saturated heterocycles. The van der Waals surface area contributed by atoms with Crippen molar-refractivity contribution in [2.24, 2.45) is 5.92 Å². The van der Waals surface area contributed by atoms with Crippen molar-refractivity contribution in [3.63, 3.8) is 0 Å². The van der Waals surface area contributed by atoms with E-state index in [0.717, 1.165) is 36.9 Å². The summed E-state index contributed by atoms with van der Waals surface area (Å²) in [6.45, 7) is 3.71. The van der Waals surface area contributed by atoms with Crippen molar-refractivity contribution in [3.8, 4) is 16.8 Å². The highest BCUT2D eigenvalue weighted by Gasteiger charge is 2.25. The normalized spacial score (nSPS) is 14.4. The number of carbonyl (C=O) groups is 1. The van der Waals surface area contributed by atoms with Crippen molar-refractivity contribution < 1.29 is 4.79 Å². The van der Waals surface area contributed by atoms with Crippen LogP contribution in [-0.2, 0) is 4.79 Å². The number of aromatic nitrogens is 2. The zero-order valence-electron chi connectivity index (χ0n) is 17.8. The molecule has 0 radical (unpaired) electrons. The van der Waals surface area contributed by atoms with Gasteiger partial charge in [-0.05, 0) is 56.5 Å². The number of hydrogen-bond donors (Lipinski definition) is 1. The fourth-order valence-electron chi connectivity index (χ4n) is 4.10. The van der Waals surface area contributed by atoms with Crippen LogP contribution < -0.4 is 10.7 Å². The van der Waals surface area contributed by atoms with E-state index < -0.39 is 0 Å². The number of rotatable bonds is 4. The Hall–Kier alpha value is -2.92.